The van der Waals surface area contributed by atoms with E-state index in [2.05, 4.69) is 168 Å². The molecule has 1 N–H and O–H groups in total. The van der Waals surface area contributed by atoms with Crippen molar-refractivity contribution < 1.29 is 0 Å². The van der Waals surface area contributed by atoms with Crippen molar-refractivity contribution in [3.63, 3.8) is 0 Å². The average Bonchev–Trinajstić information content (AvgIpc) is 3.84. The second-order valence-electron chi connectivity index (χ2n) is 14.9. The lowest BCUT2D eigenvalue weighted by molar-refractivity contribution is 0.674. The van der Waals surface area contributed by atoms with E-state index in [9.17, 15) is 0 Å². The number of hydrogen-bond donors (Lipinski definition) is 1. The predicted molar refractivity (Wildman–Crippen MR) is 246 cm³/mol. The Kier molecular flexibility index (Phi) is 7.75. The predicted octanol–water partition coefficient (Wildman–Crippen LogP) is 13.6. The van der Waals surface area contributed by atoms with Crippen molar-refractivity contribution >= 4 is 76.7 Å². The van der Waals surface area contributed by atoms with E-state index in [0.29, 0.717) is 0 Å². The summed E-state index contributed by atoms with van der Waals surface area (Å²) in [6.07, 6.45) is -0.239. The van der Waals surface area contributed by atoms with Crippen LogP contribution in [0.1, 0.15) is 28.4 Å². The lowest BCUT2D eigenvalue weighted by Crippen LogP contribution is -2.33. The number of nitrogens with zero attached hydrogens (tertiary/aromatic N) is 3. The first-order valence-electron chi connectivity index (χ1n) is 19.6. The van der Waals surface area contributed by atoms with E-state index in [1.54, 1.807) is 0 Å². The molecule has 0 saturated carbocycles. The molecule has 58 heavy (non-hydrogen) atoms. The van der Waals surface area contributed by atoms with E-state index in [4.69, 9.17) is 9.98 Å². The van der Waals surface area contributed by atoms with Crippen LogP contribution in [0.25, 0.3) is 69.9 Å². The number of benzene rings is 8. The number of aliphatic imine (C=N–C) groups is 2. The molecule has 4 heterocycles. The SMILES string of the molecule is c1ccc(C2=NC(c3ccccc3)NC(c3ccc4sc5c(-c6ccc7c(c6)SCc6cccc(-n8c9ccccc9c9ccccc98)c6-7)cccc5c4c3)=N2)cc1. The first-order chi connectivity index (χ1) is 28.7. The fourth-order valence-corrected chi connectivity index (χ4v) is 11.2. The zero-order valence-corrected chi connectivity index (χ0v) is 32.9. The van der Waals surface area contributed by atoms with Crippen molar-refractivity contribution in [3.05, 3.63) is 204 Å². The Hall–Kier alpha value is -6.73. The molecule has 1 unspecified atom stereocenters. The number of amidine groups is 2. The highest BCUT2D eigenvalue weighted by molar-refractivity contribution is 7.98. The van der Waals surface area contributed by atoms with Gasteiger partial charge in [0.25, 0.3) is 0 Å². The van der Waals surface area contributed by atoms with E-state index >= 15 is 0 Å². The van der Waals surface area contributed by atoms with Gasteiger partial charge in [-0.15, -0.1) is 23.1 Å². The van der Waals surface area contributed by atoms with Crippen LogP contribution in [0.3, 0.4) is 0 Å². The van der Waals surface area contributed by atoms with E-state index in [-0.39, 0.29) is 6.17 Å². The summed E-state index contributed by atoms with van der Waals surface area (Å²) in [4.78, 5) is 11.5. The molecule has 8 aromatic carbocycles. The Morgan fingerprint density at radius 3 is 2.07 bits per heavy atom. The van der Waals surface area contributed by atoms with Gasteiger partial charge in [-0.2, -0.15) is 0 Å². The fraction of sp³-hybridized carbons (Fsp3) is 0.0385. The quantitative estimate of drug-likeness (QED) is 0.189. The molecule has 2 aliphatic heterocycles. The zero-order valence-electron chi connectivity index (χ0n) is 31.3. The Morgan fingerprint density at radius 1 is 0.552 bits per heavy atom. The molecule has 0 fully saturated rings. The standard InChI is InChI=1S/C52H34N4S2/c1-3-13-32(14-4-1)50-53-51(33-15-5-2-6-16-33)55-52(54-50)35-26-28-46-42(29-35)40-21-12-20-37(49(40)58-46)34-25-27-41-47(30-34)57-31-36-17-11-24-45(48(36)41)56-43-22-9-7-18-38(43)39-19-8-10-23-44(39)56/h1-30,50H,31H2,(H,53,54,55). The van der Waals surface area contributed by atoms with Gasteiger partial charge in [0.15, 0.2) is 5.84 Å². The minimum atomic E-state index is -0.239. The van der Waals surface area contributed by atoms with Crippen LogP contribution in [0, 0.1) is 0 Å². The normalized spacial score (nSPS) is 14.9. The number of rotatable bonds is 5. The number of para-hydroxylation sites is 2. The molecule has 274 valence electrons. The molecule has 2 aliphatic rings. The second kappa shape index (κ2) is 13.4. The van der Waals surface area contributed by atoms with Gasteiger partial charge in [0, 0.05) is 58.3 Å². The summed E-state index contributed by atoms with van der Waals surface area (Å²) in [7, 11) is 0. The van der Waals surface area contributed by atoms with Crippen molar-refractivity contribution in [1.82, 2.24) is 9.88 Å². The smallest absolute Gasteiger partial charge is 0.159 e. The lowest BCUT2D eigenvalue weighted by Gasteiger charge is -2.24. The van der Waals surface area contributed by atoms with Gasteiger partial charge in [-0.05, 0) is 70.3 Å². The average molecular weight is 779 g/mol. The summed E-state index contributed by atoms with van der Waals surface area (Å²) in [5, 5.41) is 8.72. The van der Waals surface area contributed by atoms with Gasteiger partial charge in [0.05, 0.1) is 16.7 Å². The number of fused-ring (bicyclic) bond motifs is 9. The summed E-state index contributed by atoms with van der Waals surface area (Å²) < 4.78 is 5.03. The summed E-state index contributed by atoms with van der Waals surface area (Å²) in [6, 6.07) is 65.7. The molecule has 4 nitrogen and oxygen atoms in total. The first-order valence-corrected chi connectivity index (χ1v) is 21.4. The molecule has 0 radical (unpaired) electrons. The highest BCUT2D eigenvalue weighted by Gasteiger charge is 2.25. The number of thiophene rings is 1. The number of thioether (sulfide) groups is 1. The maximum atomic E-state index is 5.10. The van der Waals surface area contributed by atoms with Crippen LogP contribution in [0.2, 0.25) is 0 Å². The summed E-state index contributed by atoms with van der Waals surface area (Å²) in [5.74, 6) is 2.50. The molecular weight excluding hydrogens is 745 g/mol. The van der Waals surface area contributed by atoms with Crippen molar-refractivity contribution in [2.75, 3.05) is 0 Å². The topological polar surface area (TPSA) is 41.7 Å². The van der Waals surface area contributed by atoms with Gasteiger partial charge in [-0.3, -0.25) is 0 Å². The van der Waals surface area contributed by atoms with Gasteiger partial charge in [0.1, 0.15) is 12.0 Å². The molecule has 0 saturated heterocycles. The van der Waals surface area contributed by atoms with Crippen LogP contribution < -0.4 is 5.32 Å². The second-order valence-corrected chi connectivity index (χ2v) is 17.0. The van der Waals surface area contributed by atoms with E-state index in [1.807, 2.05) is 47.4 Å². The van der Waals surface area contributed by atoms with Gasteiger partial charge in [-0.25, -0.2) is 9.98 Å². The highest BCUT2D eigenvalue weighted by atomic mass is 32.2. The van der Waals surface area contributed by atoms with Crippen molar-refractivity contribution in [2.45, 2.75) is 16.8 Å². The molecular formula is C52H34N4S2. The molecule has 0 aliphatic carbocycles. The monoisotopic (exact) mass is 778 g/mol. The summed E-state index contributed by atoms with van der Waals surface area (Å²) in [6.45, 7) is 0. The Balaban J connectivity index is 0.949. The van der Waals surface area contributed by atoms with Crippen molar-refractivity contribution in [2.24, 2.45) is 9.98 Å². The first kappa shape index (κ1) is 33.4. The maximum Gasteiger partial charge on any atom is 0.159 e. The van der Waals surface area contributed by atoms with Crippen LogP contribution in [-0.2, 0) is 5.75 Å². The Morgan fingerprint density at radius 2 is 1.26 bits per heavy atom. The van der Waals surface area contributed by atoms with E-state index < -0.39 is 0 Å². The van der Waals surface area contributed by atoms with Crippen LogP contribution in [0.15, 0.2) is 197 Å². The number of aromatic nitrogens is 1. The molecule has 10 aromatic rings. The molecule has 6 heteroatoms. The molecule has 2 aromatic heterocycles. The summed E-state index contributed by atoms with van der Waals surface area (Å²) in [5.41, 5.74) is 13.4. The lowest BCUT2D eigenvalue weighted by atomic mass is 9.94. The van der Waals surface area contributed by atoms with Gasteiger partial charge < -0.3 is 9.88 Å². The third-order valence-corrected chi connectivity index (χ3v) is 13.9. The highest BCUT2D eigenvalue weighted by Crippen LogP contribution is 2.48. The van der Waals surface area contributed by atoms with E-state index in [1.165, 1.54) is 80.4 Å². The third kappa shape index (κ3) is 5.37. The molecule has 0 spiro atoms. The van der Waals surface area contributed by atoms with Crippen LogP contribution in [-0.4, -0.2) is 16.2 Å². The van der Waals surface area contributed by atoms with Crippen molar-refractivity contribution in [1.29, 1.82) is 0 Å². The molecule has 0 bridgehead atoms. The van der Waals surface area contributed by atoms with Gasteiger partial charge >= 0.3 is 0 Å². The number of hydrogen-bond acceptors (Lipinski definition) is 5. The Bertz CT molecular complexity index is 3270. The van der Waals surface area contributed by atoms with E-state index in [0.717, 1.165) is 34.1 Å². The van der Waals surface area contributed by atoms with Gasteiger partial charge in [0.2, 0.25) is 0 Å². The Labute approximate surface area is 343 Å². The third-order valence-electron chi connectivity index (χ3n) is 11.6. The fourth-order valence-electron chi connectivity index (χ4n) is 8.85. The van der Waals surface area contributed by atoms with Crippen LogP contribution in [0.5, 0.6) is 0 Å². The zero-order chi connectivity index (χ0) is 38.2. The molecule has 0 amide bonds. The van der Waals surface area contributed by atoms with Crippen LogP contribution >= 0.6 is 23.1 Å². The molecule has 1 atom stereocenters. The maximum absolute atomic E-state index is 5.10. The van der Waals surface area contributed by atoms with Gasteiger partial charge in [-0.1, -0.05) is 140 Å². The minimum absolute atomic E-state index is 0.239. The summed E-state index contributed by atoms with van der Waals surface area (Å²) >= 11 is 3.81. The number of nitrogens with one attached hydrogen (secondary N) is 1. The van der Waals surface area contributed by atoms with Crippen LogP contribution in [0.4, 0.5) is 0 Å². The largest absolute Gasteiger partial charge is 0.344 e. The van der Waals surface area contributed by atoms with Crippen molar-refractivity contribution in [3.8, 4) is 27.9 Å². The minimum Gasteiger partial charge on any atom is -0.344 e. The molecule has 12 rings (SSSR count).